The number of hydrogen-bond donors (Lipinski definition) is 1. The molecule has 2 rings (SSSR count). The molecule has 0 fully saturated rings. The summed E-state index contributed by atoms with van der Waals surface area (Å²) in [6.07, 6.45) is 3.46. The number of pyridine rings is 1. The van der Waals surface area contributed by atoms with Crippen LogP contribution in [0.2, 0.25) is 0 Å². The van der Waals surface area contributed by atoms with Crippen LogP contribution in [-0.4, -0.2) is 21.7 Å². The van der Waals surface area contributed by atoms with Gasteiger partial charge in [0.25, 0.3) is 0 Å². The predicted molar refractivity (Wildman–Crippen MR) is 88.6 cm³/mol. The molecule has 0 aliphatic rings. The highest BCUT2D eigenvalue weighted by Crippen LogP contribution is 2.27. The number of halogens is 2. The minimum atomic E-state index is 0.361. The Labute approximate surface area is 141 Å². The normalized spacial score (nSPS) is 12.9. The maximum atomic E-state index is 5.81. The second-order valence-corrected chi connectivity index (χ2v) is 7.20. The Morgan fingerprint density at radius 3 is 2.71 bits per heavy atom. The monoisotopic (exact) mass is 416 g/mol. The van der Waals surface area contributed by atoms with Crippen LogP contribution in [-0.2, 0) is 6.42 Å². The lowest BCUT2D eigenvalue weighted by atomic mass is 9.94. The molecule has 0 unspecified atom stereocenters. The lowest BCUT2D eigenvalue weighted by Crippen LogP contribution is -2.19. The van der Waals surface area contributed by atoms with E-state index in [4.69, 9.17) is 10.3 Å². The highest BCUT2D eigenvalue weighted by molar-refractivity contribution is 9.11. The first-order chi connectivity index (χ1) is 9.99. The molecule has 2 aromatic heterocycles. The number of hydrogen-bond acceptors (Lipinski definition) is 5. The zero-order valence-corrected chi connectivity index (χ0v) is 15.2. The summed E-state index contributed by atoms with van der Waals surface area (Å²) in [5.74, 6) is 2.06. The highest BCUT2D eigenvalue weighted by Gasteiger charge is 2.17. The third-order valence-electron chi connectivity index (χ3n) is 3.09. The van der Waals surface area contributed by atoms with Gasteiger partial charge in [-0.05, 0) is 62.7 Å². The number of nitrogens with two attached hydrogens (primary N) is 1. The van der Waals surface area contributed by atoms with Crippen molar-refractivity contribution >= 4 is 31.9 Å². The quantitative estimate of drug-likeness (QED) is 0.772. The van der Waals surface area contributed by atoms with E-state index in [9.17, 15) is 0 Å². The molecule has 7 heteroatoms. The van der Waals surface area contributed by atoms with Gasteiger partial charge in [0.15, 0.2) is 0 Å². The molecule has 0 aliphatic heterocycles. The fraction of sp³-hybridized carbons (Fsp3) is 0.500. The molecule has 0 aliphatic carbocycles. The van der Waals surface area contributed by atoms with Crippen LogP contribution in [0, 0.1) is 11.8 Å². The van der Waals surface area contributed by atoms with Crippen LogP contribution < -0.4 is 5.73 Å². The SMILES string of the molecule is CC(C)C[C@H](CN)Cc1nc(-c2ncc(Br)cc2Br)no1. The third-order valence-corrected chi connectivity index (χ3v) is 4.13. The Balaban J connectivity index is 2.14. The van der Waals surface area contributed by atoms with E-state index < -0.39 is 0 Å². The van der Waals surface area contributed by atoms with Gasteiger partial charge >= 0.3 is 0 Å². The Kier molecular flexibility index (Phi) is 5.89. The minimum absolute atomic E-state index is 0.361. The van der Waals surface area contributed by atoms with Gasteiger partial charge in [-0.2, -0.15) is 4.98 Å². The molecule has 0 radical (unpaired) electrons. The van der Waals surface area contributed by atoms with Crippen molar-refractivity contribution in [1.82, 2.24) is 15.1 Å². The Morgan fingerprint density at radius 1 is 1.33 bits per heavy atom. The van der Waals surface area contributed by atoms with Crippen LogP contribution in [0.1, 0.15) is 26.2 Å². The van der Waals surface area contributed by atoms with E-state index in [2.05, 4.69) is 60.8 Å². The average Bonchev–Trinajstić information content (AvgIpc) is 2.85. The fourth-order valence-corrected chi connectivity index (χ4v) is 3.35. The van der Waals surface area contributed by atoms with Crippen LogP contribution in [0.15, 0.2) is 25.7 Å². The molecule has 114 valence electrons. The van der Waals surface area contributed by atoms with Gasteiger partial charge in [-0.15, -0.1) is 0 Å². The summed E-state index contributed by atoms with van der Waals surface area (Å²) in [5.41, 5.74) is 6.48. The smallest absolute Gasteiger partial charge is 0.227 e. The van der Waals surface area contributed by atoms with Gasteiger partial charge in [-0.25, -0.2) is 0 Å². The number of rotatable bonds is 6. The second kappa shape index (κ2) is 7.47. The van der Waals surface area contributed by atoms with Crippen molar-refractivity contribution in [2.24, 2.45) is 17.6 Å². The first-order valence-corrected chi connectivity index (χ1v) is 8.42. The van der Waals surface area contributed by atoms with E-state index in [1.165, 1.54) is 0 Å². The van der Waals surface area contributed by atoms with Gasteiger partial charge in [-0.3, -0.25) is 4.98 Å². The topological polar surface area (TPSA) is 77.8 Å². The lowest BCUT2D eigenvalue weighted by molar-refractivity contribution is 0.332. The van der Waals surface area contributed by atoms with E-state index in [1.54, 1.807) is 6.20 Å². The summed E-state index contributed by atoms with van der Waals surface area (Å²) in [4.78, 5) is 8.73. The summed E-state index contributed by atoms with van der Waals surface area (Å²) in [6.45, 7) is 4.99. The van der Waals surface area contributed by atoms with Crippen molar-refractivity contribution in [3.63, 3.8) is 0 Å². The molecular formula is C14H18Br2N4O. The molecule has 5 nitrogen and oxygen atoms in total. The van der Waals surface area contributed by atoms with Crippen LogP contribution >= 0.6 is 31.9 Å². The summed E-state index contributed by atoms with van der Waals surface area (Å²) < 4.78 is 7.04. The van der Waals surface area contributed by atoms with E-state index in [0.717, 1.165) is 15.4 Å². The molecule has 2 heterocycles. The van der Waals surface area contributed by atoms with Crippen LogP contribution in [0.4, 0.5) is 0 Å². The van der Waals surface area contributed by atoms with Gasteiger partial charge in [0.05, 0.1) is 0 Å². The zero-order chi connectivity index (χ0) is 15.4. The van der Waals surface area contributed by atoms with E-state index in [-0.39, 0.29) is 0 Å². The molecule has 0 spiro atoms. The average molecular weight is 418 g/mol. The Hall–Kier alpha value is -0.790. The molecule has 1 atom stereocenters. The fourth-order valence-electron chi connectivity index (χ4n) is 2.19. The van der Waals surface area contributed by atoms with E-state index in [1.807, 2.05) is 6.07 Å². The van der Waals surface area contributed by atoms with E-state index >= 15 is 0 Å². The van der Waals surface area contributed by atoms with Gasteiger partial charge in [0.1, 0.15) is 5.69 Å². The maximum Gasteiger partial charge on any atom is 0.227 e. The molecule has 0 saturated heterocycles. The summed E-state index contributed by atoms with van der Waals surface area (Å²) in [7, 11) is 0. The first-order valence-electron chi connectivity index (χ1n) is 6.83. The van der Waals surface area contributed by atoms with Crippen molar-refractivity contribution < 1.29 is 4.52 Å². The molecule has 21 heavy (non-hydrogen) atoms. The Bertz CT molecular complexity index is 600. The van der Waals surface area contributed by atoms with Crippen LogP contribution in [0.25, 0.3) is 11.5 Å². The molecular weight excluding hydrogens is 400 g/mol. The first kappa shape index (κ1) is 16.6. The van der Waals surface area contributed by atoms with Gasteiger partial charge in [0.2, 0.25) is 11.7 Å². The van der Waals surface area contributed by atoms with Crippen LogP contribution in [0.5, 0.6) is 0 Å². The number of nitrogens with zero attached hydrogens (tertiary/aromatic N) is 3. The molecule has 0 saturated carbocycles. The van der Waals surface area contributed by atoms with Crippen molar-refractivity contribution in [1.29, 1.82) is 0 Å². The van der Waals surface area contributed by atoms with Gasteiger partial charge in [0, 0.05) is 21.6 Å². The molecule has 0 bridgehead atoms. The minimum Gasteiger partial charge on any atom is -0.339 e. The Morgan fingerprint density at radius 2 is 2.10 bits per heavy atom. The largest absolute Gasteiger partial charge is 0.339 e. The zero-order valence-electron chi connectivity index (χ0n) is 12.0. The molecule has 2 N–H and O–H groups in total. The van der Waals surface area contributed by atoms with E-state index in [0.29, 0.717) is 42.2 Å². The van der Waals surface area contributed by atoms with Crippen molar-refractivity contribution in [3.05, 3.63) is 27.1 Å². The summed E-state index contributed by atoms with van der Waals surface area (Å²) >= 11 is 6.82. The van der Waals surface area contributed by atoms with Gasteiger partial charge in [-0.1, -0.05) is 19.0 Å². The van der Waals surface area contributed by atoms with Crippen LogP contribution in [0.3, 0.4) is 0 Å². The maximum absolute atomic E-state index is 5.81. The van der Waals surface area contributed by atoms with Crippen molar-refractivity contribution in [2.45, 2.75) is 26.7 Å². The third kappa shape index (κ3) is 4.59. The predicted octanol–water partition coefficient (Wildman–Crippen LogP) is 3.82. The summed E-state index contributed by atoms with van der Waals surface area (Å²) in [5, 5.41) is 4.01. The molecule has 0 aromatic carbocycles. The summed E-state index contributed by atoms with van der Waals surface area (Å²) in [6, 6.07) is 1.90. The standard InChI is InChI=1S/C14H18Br2N4O/c1-8(2)3-9(6-17)4-12-19-14(20-21-12)13-11(16)5-10(15)7-18-13/h5,7-9H,3-4,6,17H2,1-2H3/t9-/m0/s1. The molecule has 2 aromatic rings. The molecule has 0 amide bonds. The lowest BCUT2D eigenvalue weighted by Gasteiger charge is -2.14. The number of aromatic nitrogens is 3. The second-order valence-electron chi connectivity index (χ2n) is 5.43. The van der Waals surface area contributed by atoms with Gasteiger partial charge < -0.3 is 10.3 Å². The van der Waals surface area contributed by atoms with Crippen molar-refractivity contribution in [3.8, 4) is 11.5 Å². The van der Waals surface area contributed by atoms with Crippen molar-refractivity contribution in [2.75, 3.05) is 6.54 Å². The highest BCUT2D eigenvalue weighted by atomic mass is 79.9.